The number of para-hydroxylation sites is 1. The van der Waals surface area contributed by atoms with Gasteiger partial charge < -0.3 is 4.57 Å². The van der Waals surface area contributed by atoms with Gasteiger partial charge in [0.1, 0.15) is 0 Å². The Morgan fingerprint density at radius 3 is 2.87 bits per heavy atom. The summed E-state index contributed by atoms with van der Waals surface area (Å²) in [6, 6.07) is 15.5. The third-order valence-electron chi connectivity index (χ3n) is 3.30. The Balaban J connectivity index is 2.14. The van der Waals surface area contributed by atoms with Gasteiger partial charge in [0.2, 0.25) is 0 Å². The van der Waals surface area contributed by atoms with Crippen LogP contribution in [0.5, 0.6) is 0 Å². The summed E-state index contributed by atoms with van der Waals surface area (Å²) < 4.78 is 20.0. The summed E-state index contributed by atoms with van der Waals surface area (Å²) in [5.41, 5.74) is 1.91. The summed E-state index contributed by atoms with van der Waals surface area (Å²) >= 11 is 4.52. The van der Waals surface area contributed by atoms with Crippen molar-refractivity contribution in [2.45, 2.75) is 11.4 Å². The molecule has 23 heavy (non-hydrogen) atoms. The van der Waals surface area contributed by atoms with Crippen LogP contribution in [-0.2, 0) is 21.8 Å². The summed E-state index contributed by atoms with van der Waals surface area (Å²) in [5, 5.41) is 0. The van der Waals surface area contributed by atoms with Crippen molar-refractivity contribution < 1.29 is 8.39 Å². The van der Waals surface area contributed by atoms with Crippen molar-refractivity contribution >= 4 is 51.0 Å². The Hall–Kier alpha value is -1.41. The summed E-state index contributed by atoms with van der Waals surface area (Å²) in [6.07, 6.45) is 0. The predicted molar refractivity (Wildman–Crippen MR) is 98.8 cm³/mol. The summed E-state index contributed by atoms with van der Waals surface area (Å²) in [5.74, 6) is 0.738. The monoisotopic (exact) mass is 364 g/mol. The van der Waals surface area contributed by atoms with Gasteiger partial charge >= 0.3 is 0 Å². The van der Waals surface area contributed by atoms with E-state index in [0.29, 0.717) is 4.90 Å². The van der Waals surface area contributed by atoms with E-state index in [1.807, 2.05) is 24.3 Å². The zero-order chi connectivity index (χ0) is 16.2. The van der Waals surface area contributed by atoms with Crippen LogP contribution in [-0.4, -0.2) is 21.6 Å². The van der Waals surface area contributed by atoms with Gasteiger partial charge in [0, 0.05) is 12.3 Å². The first-order valence-electron chi connectivity index (χ1n) is 7.03. The van der Waals surface area contributed by atoms with Crippen molar-refractivity contribution in [2.24, 2.45) is 4.99 Å². The van der Waals surface area contributed by atoms with Gasteiger partial charge in [-0.05, 0) is 30.3 Å². The van der Waals surface area contributed by atoms with E-state index in [4.69, 9.17) is 9.18 Å². The van der Waals surface area contributed by atoms with Crippen LogP contribution in [0, 0.1) is 0 Å². The molecule has 0 amide bonds. The Morgan fingerprint density at radius 1 is 1.26 bits per heavy atom. The number of hydrogen-bond acceptors (Lipinski definition) is 5. The lowest BCUT2D eigenvalue weighted by Gasteiger charge is -2.03. The van der Waals surface area contributed by atoms with Gasteiger partial charge in [-0.1, -0.05) is 29.5 Å². The van der Waals surface area contributed by atoms with E-state index in [1.54, 1.807) is 23.5 Å². The third-order valence-corrected chi connectivity index (χ3v) is 5.50. The molecule has 0 aliphatic heterocycles. The van der Waals surface area contributed by atoms with E-state index in [1.165, 1.54) is 11.8 Å². The molecular weight excluding hydrogens is 348 g/mol. The molecule has 0 saturated heterocycles. The first-order chi connectivity index (χ1) is 11.2. The number of hydrogen-bond donors (Lipinski definition) is 1. The molecule has 0 spiro atoms. The zero-order valence-corrected chi connectivity index (χ0v) is 15.0. The summed E-state index contributed by atoms with van der Waals surface area (Å²) in [4.78, 5) is 6.24. The number of rotatable bonds is 5. The van der Waals surface area contributed by atoms with Gasteiger partial charge in [0.25, 0.3) is 0 Å². The van der Waals surface area contributed by atoms with Crippen molar-refractivity contribution in [1.82, 2.24) is 4.57 Å². The number of thiazole rings is 1. The molecule has 7 heteroatoms. The van der Waals surface area contributed by atoms with Crippen molar-refractivity contribution in [3.8, 4) is 0 Å². The van der Waals surface area contributed by atoms with Gasteiger partial charge in [-0.3, -0.25) is 4.18 Å². The number of benzene rings is 2. The lowest BCUT2D eigenvalue weighted by atomic mass is 10.3. The molecule has 0 radical (unpaired) electrons. The molecule has 0 bridgehead atoms. The first-order valence-corrected chi connectivity index (χ1v) is 9.55. The molecule has 4 nitrogen and oxygen atoms in total. The van der Waals surface area contributed by atoms with Crippen LogP contribution in [0.2, 0.25) is 0 Å². The molecule has 1 atom stereocenters. The van der Waals surface area contributed by atoms with Crippen LogP contribution in [0.15, 0.2) is 58.4 Å². The van der Waals surface area contributed by atoms with E-state index in [-0.39, 0.29) is 0 Å². The molecule has 3 rings (SSSR count). The van der Waals surface area contributed by atoms with E-state index in [2.05, 4.69) is 29.3 Å². The minimum absolute atomic E-state index is 0.607. The molecule has 2 aromatic carbocycles. The molecule has 1 aromatic heterocycles. The highest BCUT2D eigenvalue weighted by molar-refractivity contribution is 7.80. The predicted octanol–water partition coefficient (Wildman–Crippen LogP) is 3.53. The van der Waals surface area contributed by atoms with Crippen molar-refractivity contribution in [2.75, 3.05) is 12.9 Å². The minimum Gasteiger partial charge on any atom is -0.316 e. The van der Waals surface area contributed by atoms with E-state index in [9.17, 15) is 4.21 Å². The van der Waals surface area contributed by atoms with Gasteiger partial charge in [0.15, 0.2) is 15.9 Å². The summed E-state index contributed by atoms with van der Waals surface area (Å²) in [6.45, 7) is 0.787. The van der Waals surface area contributed by atoms with Crippen LogP contribution in [0.4, 0.5) is 5.69 Å². The molecule has 120 valence electrons. The maximum Gasteiger partial charge on any atom is 0.190 e. The van der Waals surface area contributed by atoms with Crippen LogP contribution in [0.3, 0.4) is 0 Å². The maximum absolute atomic E-state index is 11.8. The molecule has 0 N–H and O–H groups in total. The standard InChI is InChI=1S/C16H16N2O2S3/c1-20-23(19)13-6-4-5-12(11-13)17-16-18(9-10-21)14-7-2-3-8-15(14)22-16/h2-8,11,21H,9-10H2,1H3. The second kappa shape index (κ2) is 7.44. The fourth-order valence-electron chi connectivity index (χ4n) is 2.29. The zero-order valence-electron chi connectivity index (χ0n) is 12.5. The maximum atomic E-state index is 11.8. The molecule has 0 aliphatic carbocycles. The molecule has 1 heterocycles. The number of fused-ring (bicyclic) bond motifs is 1. The molecule has 0 fully saturated rings. The fourth-order valence-corrected chi connectivity index (χ4v) is 4.16. The lowest BCUT2D eigenvalue weighted by molar-refractivity contribution is 0.446. The highest BCUT2D eigenvalue weighted by Gasteiger charge is 2.06. The van der Waals surface area contributed by atoms with Crippen LogP contribution in [0.1, 0.15) is 0 Å². The number of thiol groups is 1. The minimum atomic E-state index is -1.46. The van der Waals surface area contributed by atoms with Gasteiger partial charge in [-0.2, -0.15) is 12.6 Å². The molecular formula is C16H16N2O2S3. The van der Waals surface area contributed by atoms with E-state index >= 15 is 0 Å². The lowest BCUT2D eigenvalue weighted by Crippen LogP contribution is -2.15. The Labute approximate surface area is 146 Å². The number of aryl methyl sites for hydroxylation is 1. The molecule has 1 unspecified atom stereocenters. The second-order valence-corrected chi connectivity index (χ2v) is 7.47. The van der Waals surface area contributed by atoms with Crippen LogP contribution in [0.25, 0.3) is 10.2 Å². The highest BCUT2D eigenvalue weighted by Crippen LogP contribution is 2.20. The largest absolute Gasteiger partial charge is 0.316 e. The molecule has 0 saturated carbocycles. The Morgan fingerprint density at radius 2 is 2.09 bits per heavy atom. The second-order valence-electron chi connectivity index (χ2n) is 4.74. The highest BCUT2D eigenvalue weighted by atomic mass is 32.2. The van der Waals surface area contributed by atoms with Crippen molar-refractivity contribution in [3.05, 3.63) is 53.3 Å². The topological polar surface area (TPSA) is 43.6 Å². The summed E-state index contributed by atoms with van der Waals surface area (Å²) in [7, 11) is 1.42. The van der Waals surface area contributed by atoms with Gasteiger partial charge in [-0.25, -0.2) is 9.20 Å². The number of aromatic nitrogens is 1. The Bertz CT molecular complexity index is 915. The SMILES string of the molecule is COS(=O)c1cccc(N=c2sc3ccccc3n2CCS)c1. The third kappa shape index (κ3) is 3.58. The van der Waals surface area contributed by atoms with E-state index in [0.717, 1.165) is 28.3 Å². The average Bonchev–Trinajstić information content (AvgIpc) is 2.92. The smallest absolute Gasteiger partial charge is 0.190 e. The molecule has 3 aromatic rings. The quantitative estimate of drug-likeness (QED) is 0.704. The van der Waals surface area contributed by atoms with Crippen LogP contribution < -0.4 is 4.80 Å². The fraction of sp³-hybridized carbons (Fsp3) is 0.188. The van der Waals surface area contributed by atoms with Gasteiger partial charge in [0.05, 0.1) is 27.9 Å². The van der Waals surface area contributed by atoms with E-state index < -0.39 is 11.1 Å². The Kier molecular flexibility index (Phi) is 5.32. The normalized spacial score (nSPS) is 13.6. The molecule has 0 aliphatic rings. The number of nitrogens with zero attached hydrogens (tertiary/aromatic N) is 2. The van der Waals surface area contributed by atoms with Crippen molar-refractivity contribution in [1.29, 1.82) is 0 Å². The van der Waals surface area contributed by atoms with Crippen LogP contribution >= 0.6 is 24.0 Å². The average molecular weight is 365 g/mol. The van der Waals surface area contributed by atoms with Gasteiger partial charge in [-0.15, -0.1) is 0 Å². The van der Waals surface area contributed by atoms with Crippen molar-refractivity contribution in [3.63, 3.8) is 0 Å². The first kappa shape index (κ1) is 16.4.